The Labute approximate surface area is 99.8 Å². The quantitative estimate of drug-likeness (QED) is 0.926. The Morgan fingerprint density at radius 3 is 2.56 bits per heavy atom. The fourth-order valence-electron chi connectivity index (χ4n) is 1.34. The minimum absolute atomic E-state index is 0.0171. The molecular weight excluding hydrogens is 287 g/mol. The van der Waals surface area contributed by atoms with Crippen LogP contribution in [0.3, 0.4) is 0 Å². The summed E-state index contributed by atoms with van der Waals surface area (Å²) in [7, 11) is 1.35. The van der Waals surface area contributed by atoms with Crippen LogP contribution < -0.4 is 0 Å². The van der Waals surface area contributed by atoms with Gasteiger partial charge in [-0.05, 0) is 29.0 Å². The summed E-state index contributed by atoms with van der Waals surface area (Å²) in [6, 6.07) is 4.89. The molecule has 1 aromatic rings. The number of benzene rings is 1. The topological polar surface area (TPSA) is 23.5 Å². The molecular formula is C10H11BrF3NO. The van der Waals surface area contributed by atoms with E-state index in [9.17, 15) is 18.3 Å². The van der Waals surface area contributed by atoms with Gasteiger partial charge in [-0.2, -0.15) is 13.2 Å². The van der Waals surface area contributed by atoms with Crippen molar-refractivity contribution < 1.29 is 18.3 Å². The summed E-state index contributed by atoms with van der Waals surface area (Å²) in [6.07, 6.45) is -4.23. The average Bonchev–Trinajstić information content (AvgIpc) is 2.09. The maximum atomic E-state index is 12.1. The highest BCUT2D eigenvalue weighted by atomic mass is 79.9. The Kier molecular flexibility index (Phi) is 4.21. The zero-order chi connectivity index (χ0) is 12.3. The summed E-state index contributed by atoms with van der Waals surface area (Å²) in [5.74, 6) is -0.0171. The zero-order valence-corrected chi connectivity index (χ0v) is 10.1. The Morgan fingerprint density at radius 1 is 1.38 bits per heavy atom. The van der Waals surface area contributed by atoms with Crippen molar-refractivity contribution >= 4 is 15.9 Å². The second-order valence-electron chi connectivity index (χ2n) is 3.54. The molecule has 0 unspecified atom stereocenters. The third-order valence-corrected chi connectivity index (χ3v) is 2.60. The molecule has 0 aliphatic carbocycles. The van der Waals surface area contributed by atoms with Crippen LogP contribution in [0.15, 0.2) is 22.7 Å². The number of phenolic OH excluding ortho intramolecular Hbond substituents is 1. The van der Waals surface area contributed by atoms with E-state index >= 15 is 0 Å². The van der Waals surface area contributed by atoms with Gasteiger partial charge in [0.2, 0.25) is 0 Å². The molecule has 16 heavy (non-hydrogen) atoms. The first-order valence-corrected chi connectivity index (χ1v) is 5.30. The molecule has 6 heteroatoms. The van der Waals surface area contributed by atoms with Gasteiger partial charge in [0.05, 0.1) is 11.0 Å². The standard InChI is InChI=1S/C10H11BrF3NO/c1-15(6-10(12,13)14)5-7-3-2-4-8(11)9(7)16/h2-4,16H,5-6H2,1H3. The summed E-state index contributed by atoms with van der Waals surface area (Å²) in [6.45, 7) is -0.955. The summed E-state index contributed by atoms with van der Waals surface area (Å²) in [4.78, 5) is 1.10. The van der Waals surface area contributed by atoms with E-state index in [0.29, 0.717) is 10.0 Å². The number of aromatic hydroxyl groups is 1. The molecule has 0 radical (unpaired) electrons. The van der Waals surface area contributed by atoms with Crippen LogP contribution in [0.1, 0.15) is 5.56 Å². The van der Waals surface area contributed by atoms with Gasteiger partial charge in [0, 0.05) is 12.1 Å². The van der Waals surface area contributed by atoms with Crippen LogP contribution in [0.5, 0.6) is 5.75 Å². The molecule has 0 saturated heterocycles. The van der Waals surface area contributed by atoms with Gasteiger partial charge in [0.15, 0.2) is 0 Å². The maximum Gasteiger partial charge on any atom is 0.401 e. The summed E-state index contributed by atoms with van der Waals surface area (Å²) < 4.78 is 36.7. The molecule has 90 valence electrons. The normalized spacial score (nSPS) is 12.1. The van der Waals surface area contributed by atoms with E-state index in [1.54, 1.807) is 18.2 Å². The highest BCUT2D eigenvalue weighted by Crippen LogP contribution is 2.28. The first kappa shape index (κ1) is 13.3. The summed E-state index contributed by atoms with van der Waals surface area (Å²) in [5.41, 5.74) is 0.459. The number of nitrogens with zero attached hydrogens (tertiary/aromatic N) is 1. The van der Waals surface area contributed by atoms with Crippen molar-refractivity contribution in [1.29, 1.82) is 0 Å². The van der Waals surface area contributed by atoms with Crippen molar-refractivity contribution in [3.63, 3.8) is 0 Å². The summed E-state index contributed by atoms with van der Waals surface area (Å²) in [5, 5.41) is 9.59. The van der Waals surface area contributed by atoms with Crippen LogP contribution in [0.4, 0.5) is 13.2 Å². The smallest absolute Gasteiger partial charge is 0.401 e. The van der Waals surface area contributed by atoms with Gasteiger partial charge in [0.1, 0.15) is 5.75 Å². The third kappa shape index (κ3) is 4.02. The molecule has 0 heterocycles. The molecule has 0 saturated carbocycles. The lowest BCUT2D eigenvalue weighted by molar-refractivity contribution is -0.144. The molecule has 1 rings (SSSR count). The highest BCUT2D eigenvalue weighted by molar-refractivity contribution is 9.10. The lowest BCUT2D eigenvalue weighted by Crippen LogP contribution is -2.30. The predicted octanol–water partition coefficient (Wildman–Crippen LogP) is 3.15. The largest absolute Gasteiger partial charge is 0.506 e. The molecule has 0 fully saturated rings. The van der Waals surface area contributed by atoms with Crippen LogP contribution in [-0.4, -0.2) is 29.8 Å². The SMILES string of the molecule is CN(Cc1cccc(Br)c1O)CC(F)(F)F. The number of alkyl halides is 3. The first-order valence-electron chi connectivity index (χ1n) is 4.51. The molecule has 1 aromatic carbocycles. The predicted molar refractivity (Wildman–Crippen MR) is 58.2 cm³/mol. The minimum Gasteiger partial charge on any atom is -0.506 e. The Morgan fingerprint density at radius 2 is 2.00 bits per heavy atom. The minimum atomic E-state index is -4.23. The van der Waals surface area contributed by atoms with Gasteiger partial charge < -0.3 is 5.11 Å². The lowest BCUT2D eigenvalue weighted by Gasteiger charge is -2.19. The average molecular weight is 298 g/mol. The molecule has 0 atom stereocenters. The zero-order valence-electron chi connectivity index (χ0n) is 8.55. The number of phenols is 1. The van der Waals surface area contributed by atoms with E-state index in [4.69, 9.17) is 0 Å². The number of hydrogen-bond donors (Lipinski definition) is 1. The Balaban J connectivity index is 2.70. The van der Waals surface area contributed by atoms with Gasteiger partial charge in [-0.15, -0.1) is 0 Å². The van der Waals surface area contributed by atoms with Crippen molar-refractivity contribution in [2.45, 2.75) is 12.7 Å². The van der Waals surface area contributed by atoms with E-state index in [1.165, 1.54) is 7.05 Å². The van der Waals surface area contributed by atoms with E-state index in [-0.39, 0.29) is 12.3 Å². The number of para-hydroxylation sites is 1. The fraction of sp³-hybridized carbons (Fsp3) is 0.400. The van der Waals surface area contributed by atoms with Gasteiger partial charge in [0.25, 0.3) is 0 Å². The second kappa shape index (κ2) is 5.05. The van der Waals surface area contributed by atoms with E-state index in [2.05, 4.69) is 15.9 Å². The third-order valence-electron chi connectivity index (χ3n) is 1.96. The number of rotatable bonds is 3. The second-order valence-corrected chi connectivity index (χ2v) is 4.39. The van der Waals surface area contributed by atoms with Crippen molar-refractivity contribution in [2.24, 2.45) is 0 Å². The van der Waals surface area contributed by atoms with Crippen molar-refractivity contribution in [3.8, 4) is 5.75 Å². The number of halogens is 4. The van der Waals surface area contributed by atoms with Crippen molar-refractivity contribution in [2.75, 3.05) is 13.6 Å². The van der Waals surface area contributed by atoms with Gasteiger partial charge in [-0.3, -0.25) is 4.90 Å². The number of hydrogen-bond acceptors (Lipinski definition) is 2. The van der Waals surface area contributed by atoms with Crippen LogP contribution in [0, 0.1) is 0 Å². The maximum absolute atomic E-state index is 12.1. The van der Waals surface area contributed by atoms with Crippen LogP contribution >= 0.6 is 15.9 Å². The van der Waals surface area contributed by atoms with Crippen LogP contribution in [0.2, 0.25) is 0 Å². The van der Waals surface area contributed by atoms with Crippen molar-refractivity contribution in [1.82, 2.24) is 4.90 Å². The summed E-state index contributed by atoms with van der Waals surface area (Å²) >= 11 is 3.11. The van der Waals surface area contributed by atoms with Gasteiger partial charge >= 0.3 is 6.18 Å². The van der Waals surface area contributed by atoms with E-state index < -0.39 is 12.7 Å². The molecule has 0 amide bonds. The monoisotopic (exact) mass is 297 g/mol. The van der Waals surface area contributed by atoms with Gasteiger partial charge in [-0.1, -0.05) is 12.1 Å². The van der Waals surface area contributed by atoms with Gasteiger partial charge in [-0.25, -0.2) is 0 Å². The van der Waals surface area contributed by atoms with Crippen LogP contribution in [0.25, 0.3) is 0 Å². The molecule has 0 spiro atoms. The van der Waals surface area contributed by atoms with E-state index in [1.807, 2.05) is 0 Å². The first-order chi connectivity index (χ1) is 7.29. The molecule has 0 bridgehead atoms. The van der Waals surface area contributed by atoms with E-state index in [0.717, 1.165) is 4.90 Å². The Bertz CT molecular complexity index is 368. The molecule has 1 N–H and O–H groups in total. The highest BCUT2D eigenvalue weighted by Gasteiger charge is 2.29. The van der Waals surface area contributed by atoms with Crippen LogP contribution in [-0.2, 0) is 6.54 Å². The Hall–Kier alpha value is -0.750. The molecule has 0 aliphatic rings. The van der Waals surface area contributed by atoms with Crippen molar-refractivity contribution in [3.05, 3.63) is 28.2 Å². The molecule has 2 nitrogen and oxygen atoms in total. The molecule has 0 aliphatic heterocycles. The molecule has 0 aromatic heterocycles. The fourth-order valence-corrected chi connectivity index (χ4v) is 1.75. The lowest BCUT2D eigenvalue weighted by atomic mass is 10.2.